The molecule has 0 N–H and O–H groups in total. The Morgan fingerprint density at radius 1 is 0.906 bits per heavy atom. The van der Waals surface area contributed by atoms with E-state index in [9.17, 15) is 0 Å². The number of anilines is 1. The first kappa shape index (κ1) is 20.1. The molecule has 0 spiro atoms. The summed E-state index contributed by atoms with van der Waals surface area (Å²) >= 11 is 0. The van der Waals surface area contributed by atoms with Gasteiger partial charge in [0.2, 0.25) is 0 Å². The van der Waals surface area contributed by atoms with Gasteiger partial charge in [-0.25, -0.2) is 4.57 Å². The second-order valence-corrected chi connectivity index (χ2v) is 10.7. The van der Waals surface area contributed by atoms with Crippen LogP contribution in [0.15, 0.2) is 48.8 Å². The maximum absolute atomic E-state index is 2.84. The molecule has 6 rings (SSSR count). The van der Waals surface area contributed by atoms with Crippen LogP contribution >= 0.6 is 0 Å². The van der Waals surface area contributed by atoms with Crippen LogP contribution in [-0.2, 0) is 6.54 Å². The molecule has 1 aliphatic carbocycles. The molecule has 1 aromatic heterocycles. The fraction of sp³-hybridized carbons (Fsp3) is 0.464. The first-order valence-corrected chi connectivity index (χ1v) is 12.7. The molecule has 1 saturated carbocycles. The SMILES string of the molecule is CC(C)c1cccc(C(C)C)c1B1N(C2CCCCC2)c2cccc3c2-c2n(cc[n+]21)C3. The van der Waals surface area contributed by atoms with Crippen molar-refractivity contribution in [1.29, 1.82) is 0 Å². The van der Waals surface area contributed by atoms with Crippen LogP contribution in [0.3, 0.4) is 0 Å². The van der Waals surface area contributed by atoms with Crippen LogP contribution in [0.5, 0.6) is 0 Å². The number of hydrogen-bond acceptors (Lipinski definition) is 1. The molecule has 2 aliphatic heterocycles. The van der Waals surface area contributed by atoms with Crippen LogP contribution in [0.1, 0.15) is 88.3 Å². The quantitative estimate of drug-likeness (QED) is 0.397. The third-order valence-corrected chi connectivity index (χ3v) is 8.07. The maximum atomic E-state index is 2.84. The van der Waals surface area contributed by atoms with E-state index in [2.05, 4.69) is 90.3 Å². The van der Waals surface area contributed by atoms with E-state index in [4.69, 9.17) is 0 Å². The number of aromatic nitrogens is 2. The first-order chi connectivity index (χ1) is 15.6. The lowest BCUT2D eigenvalue weighted by Crippen LogP contribution is -2.74. The van der Waals surface area contributed by atoms with Crippen LogP contribution < -0.4 is 14.8 Å². The first-order valence-electron chi connectivity index (χ1n) is 12.7. The van der Waals surface area contributed by atoms with Gasteiger partial charge >= 0.3 is 6.98 Å². The Morgan fingerprint density at radius 3 is 2.28 bits per heavy atom. The highest BCUT2D eigenvalue weighted by molar-refractivity contribution is 6.71. The van der Waals surface area contributed by atoms with Crippen LogP contribution in [0, 0.1) is 0 Å². The van der Waals surface area contributed by atoms with Gasteiger partial charge in [0.05, 0.1) is 5.56 Å². The second-order valence-electron chi connectivity index (χ2n) is 10.7. The van der Waals surface area contributed by atoms with E-state index in [-0.39, 0.29) is 6.98 Å². The van der Waals surface area contributed by atoms with Gasteiger partial charge in [-0.15, -0.1) is 0 Å². The van der Waals surface area contributed by atoms with Gasteiger partial charge in [-0.2, -0.15) is 0 Å². The van der Waals surface area contributed by atoms with Crippen molar-refractivity contribution in [3.8, 4) is 11.4 Å². The molecule has 1 fully saturated rings. The molecular weight excluding hydrogens is 389 g/mol. The lowest BCUT2D eigenvalue weighted by molar-refractivity contribution is -0.523. The van der Waals surface area contributed by atoms with Gasteiger partial charge in [0, 0.05) is 22.8 Å². The van der Waals surface area contributed by atoms with E-state index in [0.717, 1.165) is 6.54 Å². The maximum Gasteiger partial charge on any atom is 0.538 e. The van der Waals surface area contributed by atoms with Crippen molar-refractivity contribution in [3.05, 3.63) is 65.5 Å². The number of imidazole rings is 1. The Hall–Kier alpha value is -2.49. The van der Waals surface area contributed by atoms with E-state index in [1.807, 2.05) is 0 Å². The Morgan fingerprint density at radius 2 is 1.59 bits per heavy atom. The van der Waals surface area contributed by atoms with E-state index >= 15 is 0 Å². The Labute approximate surface area is 193 Å². The van der Waals surface area contributed by atoms with Crippen LogP contribution in [0.2, 0.25) is 0 Å². The minimum absolute atomic E-state index is 0.228. The number of rotatable bonds is 4. The van der Waals surface area contributed by atoms with Gasteiger partial charge in [0.1, 0.15) is 18.9 Å². The lowest BCUT2D eigenvalue weighted by atomic mass is 9.56. The van der Waals surface area contributed by atoms with Crippen molar-refractivity contribution in [1.82, 2.24) is 4.57 Å². The molecule has 0 amide bonds. The Kier molecular flexibility index (Phi) is 4.75. The van der Waals surface area contributed by atoms with Crippen LogP contribution in [0.4, 0.5) is 5.69 Å². The molecule has 3 nitrogen and oxygen atoms in total. The zero-order chi connectivity index (χ0) is 22.0. The third kappa shape index (κ3) is 2.84. The number of hydrogen-bond donors (Lipinski definition) is 0. The summed E-state index contributed by atoms with van der Waals surface area (Å²) in [6, 6.07) is 14.7. The molecule has 0 saturated heterocycles. The van der Waals surface area contributed by atoms with Gasteiger partial charge in [0.25, 0.3) is 5.82 Å². The molecule has 0 radical (unpaired) electrons. The zero-order valence-electron chi connectivity index (χ0n) is 20.0. The minimum atomic E-state index is 0.228. The van der Waals surface area contributed by atoms with Crippen molar-refractivity contribution >= 4 is 18.1 Å². The summed E-state index contributed by atoms with van der Waals surface area (Å²) in [5.74, 6) is 2.41. The fourth-order valence-corrected chi connectivity index (χ4v) is 6.62. The highest BCUT2D eigenvalue weighted by atomic mass is 15.3. The summed E-state index contributed by atoms with van der Waals surface area (Å²) in [4.78, 5) is 2.84. The molecule has 2 aromatic carbocycles. The van der Waals surface area contributed by atoms with E-state index < -0.39 is 0 Å². The third-order valence-electron chi connectivity index (χ3n) is 8.07. The predicted octanol–water partition coefficient (Wildman–Crippen LogP) is 5.45. The highest BCUT2D eigenvalue weighted by Gasteiger charge is 2.51. The summed E-state index contributed by atoms with van der Waals surface area (Å²) in [6.45, 7) is 10.7. The predicted molar refractivity (Wildman–Crippen MR) is 134 cm³/mol. The van der Waals surface area contributed by atoms with Gasteiger partial charge in [0.15, 0.2) is 0 Å². The molecule has 0 unspecified atom stereocenters. The summed E-state index contributed by atoms with van der Waals surface area (Å²) in [5, 5.41) is 0. The summed E-state index contributed by atoms with van der Waals surface area (Å²) in [7, 11) is 0. The van der Waals surface area contributed by atoms with Gasteiger partial charge in [-0.05, 0) is 41.9 Å². The minimum Gasteiger partial charge on any atom is -0.367 e. The normalized spacial score (nSPS) is 17.6. The Bertz CT molecular complexity index is 1140. The smallest absolute Gasteiger partial charge is 0.367 e. The molecule has 3 heterocycles. The summed E-state index contributed by atoms with van der Waals surface area (Å²) < 4.78 is 5.08. The van der Waals surface area contributed by atoms with E-state index in [1.54, 1.807) is 5.46 Å². The lowest BCUT2D eigenvalue weighted by Gasteiger charge is -2.42. The van der Waals surface area contributed by atoms with Gasteiger partial charge in [-0.1, -0.05) is 77.3 Å². The largest absolute Gasteiger partial charge is 0.538 e. The van der Waals surface area contributed by atoms with Crippen molar-refractivity contribution in [2.75, 3.05) is 4.81 Å². The summed E-state index contributed by atoms with van der Waals surface area (Å²) in [5.41, 5.74) is 8.98. The standard InChI is InChI=1S/C28H35BN3/c1-19(2)23-13-9-14-24(20(3)4)27(23)29-31-17-16-30-18-21-10-8-15-25(26(21)28(30)31)32(29)22-11-6-5-7-12-22/h8-10,13-17,19-20,22H,5-7,11-12,18H2,1-4H3/q+1. The van der Waals surface area contributed by atoms with Gasteiger partial charge < -0.3 is 4.81 Å². The van der Waals surface area contributed by atoms with Gasteiger partial charge in [-0.3, -0.25) is 4.48 Å². The topological polar surface area (TPSA) is 12.1 Å². The molecule has 3 aliphatic rings. The fourth-order valence-electron chi connectivity index (χ4n) is 6.62. The van der Waals surface area contributed by atoms with Crippen LogP contribution in [-0.4, -0.2) is 17.6 Å². The van der Waals surface area contributed by atoms with Crippen LogP contribution in [0.25, 0.3) is 11.4 Å². The second kappa shape index (κ2) is 7.54. The molecule has 32 heavy (non-hydrogen) atoms. The average molecular weight is 424 g/mol. The molecule has 0 bridgehead atoms. The van der Waals surface area contributed by atoms with Crippen molar-refractivity contribution in [2.45, 2.75) is 84.2 Å². The Balaban J connectivity index is 1.66. The van der Waals surface area contributed by atoms with Crippen molar-refractivity contribution in [3.63, 3.8) is 0 Å². The van der Waals surface area contributed by atoms with E-state index in [0.29, 0.717) is 17.9 Å². The monoisotopic (exact) mass is 424 g/mol. The molecule has 4 heteroatoms. The van der Waals surface area contributed by atoms with Crippen molar-refractivity contribution < 1.29 is 4.48 Å². The number of nitrogens with zero attached hydrogens (tertiary/aromatic N) is 3. The molecular formula is C28H35BN3+. The average Bonchev–Trinajstić information content (AvgIpc) is 3.38. The zero-order valence-corrected chi connectivity index (χ0v) is 20.0. The molecule has 3 aromatic rings. The van der Waals surface area contributed by atoms with E-state index in [1.165, 1.54) is 65.9 Å². The van der Waals surface area contributed by atoms with Crippen molar-refractivity contribution in [2.24, 2.45) is 0 Å². The highest BCUT2D eigenvalue weighted by Crippen LogP contribution is 2.43. The molecule has 0 atom stereocenters. The number of benzene rings is 2. The summed E-state index contributed by atoms with van der Waals surface area (Å²) in [6.07, 6.45) is 11.4. The molecule has 164 valence electrons.